The van der Waals surface area contributed by atoms with Gasteiger partial charge in [-0.2, -0.15) is 5.10 Å². The van der Waals surface area contributed by atoms with Crippen LogP contribution >= 0.6 is 0 Å². The maximum Gasteiger partial charge on any atom is 0.288 e. The van der Waals surface area contributed by atoms with Gasteiger partial charge in [0.1, 0.15) is 0 Å². The van der Waals surface area contributed by atoms with E-state index in [1.165, 1.54) is 4.68 Å². The van der Waals surface area contributed by atoms with Crippen molar-refractivity contribution in [1.29, 1.82) is 0 Å². The van der Waals surface area contributed by atoms with Crippen molar-refractivity contribution in [1.82, 2.24) is 19.2 Å². The molecule has 0 fully saturated rings. The molecule has 0 aliphatic rings. The van der Waals surface area contributed by atoms with Crippen LogP contribution in [0, 0.1) is 0 Å². The van der Waals surface area contributed by atoms with Crippen LogP contribution in [0.5, 0.6) is 0 Å². The molecule has 6 heteroatoms. The zero-order valence-electron chi connectivity index (χ0n) is 12.3. The predicted octanol–water partition coefficient (Wildman–Crippen LogP) is 1.61. The molecule has 0 aliphatic carbocycles. The van der Waals surface area contributed by atoms with Gasteiger partial charge in [0.2, 0.25) is 5.78 Å². The second-order valence-electron chi connectivity index (χ2n) is 5.21. The largest absolute Gasteiger partial charge is 0.288 e. The van der Waals surface area contributed by atoms with Crippen molar-refractivity contribution in [3.05, 3.63) is 75.3 Å². The molecule has 0 atom stereocenters. The van der Waals surface area contributed by atoms with Gasteiger partial charge < -0.3 is 0 Å². The third kappa shape index (κ3) is 1.96. The molecule has 0 spiro atoms. The molecule has 2 heterocycles. The standard InChI is InChI=1S/C17H12N4O2/c1-20-17-18-13-10-6-5-9-12(13)15(22)21(17)16(23)14(19-20)11-7-3-2-4-8-11/h2-10H,1H3. The lowest BCUT2D eigenvalue weighted by molar-refractivity contribution is 0.716. The average Bonchev–Trinajstić information content (AvgIpc) is 2.59. The minimum absolute atomic E-state index is 0.221. The predicted molar refractivity (Wildman–Crippen MR) is 87.4 cm³/mol. The van der Waals surface area contributed by atoms with E-state index in [-0.39, 0.29) is 17.0 Å². The van der Waals surface area contributed by atoms with Gasteiger partial charge in [-0.05, 0) is 12.1 Å². The van der Waals surface area contributed by atoms with Crippen LogP contribution in [0.1, 0.15) is 0 Å². The van der Waals surface area contributed by atoms with Crippen LogP contribution in [-0.2, 0) is 7.05 Å². The van der Waals surface area contributed by atoms with Crippen LogP contribution < -0.4 is 11.1 Å². The Labute approximate surface area is 130 Å². The fourth-order valence-corrected chi connectivity index (χ4v) is 2.64. The topological polar surface area (TPSA) is 69.3 Å². The first-order chi connectivity index (χ1) is 11.2. The molecule has 23 heavy (non-hydrogen) atoms. The van der Waals surface area contributed by atoms with E-state index in [2.05, 4.69) is 10.1 Å². The number of nitrogens with zero attached hydrogens (tertiary/aromatic N) is 4. The normalized spacial score (nSPS) is 11.2. The number of hydrogen-bond donors (Lipinski definition) is 0. The van der Waals surface area contributed by atoms with E-state index in [1.54, 1.807) is 43.4 Å². The summed E-state index contributed by atoms with van der Waals surface area (Å²) >= 11 is 0. The molecule has 2 aromatic heterocycles. The highest BCUT2D eigenvalue weighted by molar-refractivity contribution is 5.79. The van der Waals surface area contributed by atoms with Crippen LogP contribution in [0.2, 0.25) is 0 Å². The van der Waals surface area contributed by atoms with E-state index in [9.17, 15) is 9.59 Å². The second kappa shape index (κ2) is 4.88. The Morgan fingerprint density at radius 3 is 2.35 bits per heavy atom. The van der Waals surface area contributed by atoms with Crippen LogP contribution in [0.15, 0.2) is 64.2 Å². The molecule has 0 aliphatic heterocycles. The number of rotatable bonds is 1. The number of benzene rings is 2. The van der Waals surface area contributed by atoms with Crippen LogP contribution in [0.3, 0.4) is 0 Å². The molecule has 0 saturated carbocycles. The fourth-order valence-electron chi connectivity index (χ4n) is 2.64. The Morgan fingerprint density at radius 1 is 0.870 bits per heavy atom. The summed E-state index contributed by atoms with van der Waals surface area (Å²) in [6.07, 6.45) is 0. The van der Waals surface area contributed by atoms with Gasteiger partial charge in [0.15, 0.2) is 5.69 Å². The molecule has 0 radical (unpaired) electrons. The molecule has 4 rings (SSSR count). The van der Waals surface area contributed by atoms with Gasteiger partial charge in [-0.3, -0.25) is 9.59 Å². The first kappa shape index (κ1) is 13.4. The van der Waals surface area contributed by atoms with Crippen molar-refractivity contribution in [3.8, 4) is 11.3 Å². The van der Waals surface area contributed by atoms with Crippen molar-refractivity contribution in [2.45, 2.75) is 0 Å². The molecular formula is C17H12N4O2. The van der Waals surface area contributed by atoms with Gasteiger partial charge in [-0.25, -0.2) is 14.1 Å². The first-order valence-electron chi connectivity index (χ1n) is 7.11. The molecule has 0 unspecified atom stereocenters. The van der Waals surface area contributed by atoms with Gasteiger partial charge >= 0.3 is 0 Å². The smallest absolute Gasteiger partial charge is 0.268 e. The Hall–Kier alpha value is -3.28. The Balaban J connectivity index is 2.21. The summed E-state index contributed by atoms with van der Waals surface area (Å²) in [6.45, 7) is 0. The number of aromatic nitrogens is 4. The van der Waals surface area contributed by atoms with Gasteiger partial charge in [0.25, 0.3) is 11.1 Å². The maximum atomic E-state index is 12.8. The van der Waals surface area contributed by atoms with Gasteiger partial charge in [-0.15, -0.1) is 0 Å². The minimum Gasteiger partial charge on any atom is -0.268 e. The highest BCUT2D eigenvalue weighted by Gasteiger charge is 2.15. The average molecular weight is 304 g/mol. The van der Waals surface area contributed by atoms with Crippen LogP contribution in [0.4, 0.5) is 0 Å². The molecule has 2 aromatic carbocycles. The third-order valence-corrected chi connectivity index (χ3v) is 3.75. The highest BCUT2D eigenvalue weighted by atomic mass is 16.2. The Morgan fingerprint density at radius 2 is 1.57 bits per heavy atom. The van der Waals surface area contributed by atoms with Gasteiger partial charge in [0, 0.05) is 12.6 Å². The Kier molecular flexibility index (Phi) is 2.84. The molecule has 0 bridgehead atoms. The second-order valence-corrected chi connectivity index (χ2v) is 5.21. The summed E-state index contributed by atoms with van der Waals surface area (Å²) < 4.78 is 2.54. The lowest BCUT2D eigenvalue weighted by Crippen LogP contribution is -2.32. The van der Waals surface area contributed by atoms with E-state index in [1.807, 2.05) is 18.2 Å². The summed E-state index contributed by atoms with van der Waals surface area (Å²) in [7, 11) is 1.67. The number of hydrogen-bond acceptors (Lipinski definition) is 4. The molecule has 6 nitrogen and oxygen atoms in total. The fraction of sp³-hybridized carbons (Fsp3) is 0.0588. The van der Waals surface area contributed by atoms with Crippen molar-refractivity contribution in [3.63, 3.8) is 0 Å². The summed E-state index contributed by atoms with van der Waals surface area (Å²) in [6, 6.07) is 16.0. The van der Waals surface area contributed by atoms with E-state index in [0.29, 0.717) is 16.5 Å². The van der Waals surface area contributed by atoms with E-state index >= 15 is 0 Å². The van der Waals surface area contributed by atoms with Crippen molar-refractivity contribution in [2.75, 3.05) is 0 Å². The number of para-hydroxylation sites is 1. The summed E-state index contributed by atoms with van der Waals surface area (Å²) in [4.78, 5) is 29.9. The lowest BCUT2D eigenvalue weighted by atomic mass is 10.2. The molecule has 112 valence electrons. The van der Waals surface area contributed by atoms with Crippen molar-refractivity contribution >= 4 is 16.7 Å². The molecular weight excluding hydrogens is 292 g/mol. The first-order valence-corrected chi connectivity index (χ1v) is 7.11. The summed E-state index contributed by atoms with van der Waals surface area (Å²) in [5.74, 6) is 0.221. The highest BCUT2D eigenvalue weighted by Crippen LogP contribution is 2.13. The zero-order valence-corrected chi connectivity index (χ0v) is 12.3. The van der Waals surface area contributed by atoms with E-state index in [0.717, 1.165) is 4.40 Å². The van der Waals surface area contributed by atoms with E-state index in [4.69, 9.17) is 0 Å². The maximum absolute atomic E-state index is 12.8. The molecule has 0 amide bonds. The lowest BCUT2D eigenvalue weighted by Gasteiger charge is -2.09. The van der Waals surface area contributed by atoms with Crippen molar-refractivity contribution in [2.24, 2.45) is 7.05 Å². The van der Waals surface area contributed by atoms with Crippen LogP contribution in [0.25, 0.3) is 27.9 Å². The van der Waals surface area contributed by atoms with Gasteiger partial charge in [-0.1, -0.05) is 42.5 Å². The third-order valence-electron chi connectivity index (χ3n) is 3.75. The summed E-state index contributed by atoms with van der Waals surface area (Å²) in [5.41, 5.74) is 0.579. The number of aryl methyl sites for hydroxylation is 1. The Bertz CT molecular complexity index is 1160. The number of fused-ring (bicyclic) bond motifs is 2. The monoisotopic (exact) mass is 304 g/mol. The van der Waals surface area contributed by atoms with Gasteiger partial charge in [0.05, 0.1) is 10.9 Å². The molecule has 0 saturated heterocycles. The quantitative estimate of drug-likeness (QED) is 0.501. The van der Waals surface area contributed by atoms with Crippen molar-refractivity contribution < 1.29 is 0 Å². The molecule has 4 aromatic rings. The summed E-state index contributed by atoms with van der Waals surface area (Å²) in [5, 5.41) is 4.71. The zero-order chi connectivity index (χ0) is 16.0. The minimum atomic E-state index is -0.465. The van der Waals surface area contributed by atoms with E-state index < -0.39 is 5.56 Å². The van der Waals surface area contributed by atoms with Crippen LogP contribution in [-0.4, -0.2) is 19.2 Å². The molecule has 0 N–H and O–H groups in total. The SMILES string of the molecule is Cn1nc(-c2ccccc2)c(=O)n2c(=O)c3ccccc3nc12.